The van der Waals surface area contributed by atoms with E-state index in [-0.39, 0.29) is 11.6 Å². The summed E-state index contributed by atoms with van der Waals surface area (Å²) in [7, 11) is 0. The van der Waals surface area contributed by atoms with Crippen LogP contribution in [0.2, 0.25) is 10.0 Å². The largest absolute Gasteiger partial charge is 0.488 e. The molecule has 5 nitrogen and oxygen atoms in total. The third-order valence-electron chi connectivity index (χ3n) is 6.02. The summed E-state index contributed by atoms with van der Waals surface area (Å²) >= 11 is 12.3. The number of unbranched alkanes of at least 4 members (excludes halogenated alkanes) is 1. The maximum Gasteiger partial charge on any atom is 0.324 e. The van der Waals surface area contributed by atoms with Gasteiger partial charge in [0.15, 0.2) is 0 Å². The average Bonchev–Trinajstić information content (AvgIpc) is 3.18. The van der Waals surface area contributed by atoms with E-state index in [1.807, 2.05) is 58.3 Å². The van der Waals surface area contributed by atoms with Crippen molar-refractivity contribution < 1.29 is 9.53 Å². The number of halogens is 2. The predicted molar refractivity (Wildman–Crippen MR) is 139 cm³/mol. The number of benzene rings is 2. The first-order valence-corrected chi connectivity index (χ1v) is 12.3. The molecule has 1 aliphatic heterocycles. The fourth-order valence-corrected chi connectivity index (χ4v) is 4.72. The maximum absolute atomic E-state index is 12.7. The molecule has 34 heavy (non-hydrogen) atoms. The first-order valence-electron chi connectivity index (χ1n) is 11.5. The van der Waals surface area contributed by atoms with E-state index >= 15 is 0 Å². The minimum Gasteiger partial charge on any atom is -0.488 e. The van der Waals surface area contributed by atoms with Crippen LogP contribution < -0.4 is 9.64 Å². The van der Waals surface area contributed by atoms with E-state index in [0.717, 1.165) is 54.9 Å². The molecule has 0 atom stereocenters. The average molecular weight is 498 g/mol. The van der Waals surface area contributed by atoms with E-state index in [0.29, 0.717) is 16.6 Å². The van der Waals surface area contributed by atoms with Crippen LogP contribution in [0, 0.1) is 0 Å². The van der Waals surface area contributed by atoms with Gasteiger partial charge in [-0.3, -0.25) is 9.88 Å². The number of urea groups is 1. The summed E-state index contributed by atoms with van der Waals surface area (Å²) in [5.41, 5.74) is 2.55. The summed E-state index contributed by atoms with van der Waals surface area (Å²) in [5.74, 6) is 0.821. The third-order valence-corrected chi connectivity index (χ3v) is 6.56. The zero-order valence-electron chi connectivity index (χ0n) is 19.5. The lowest BCUT2D eigenvalue weighted by Crippen LogP contribution is -2.33. The highest BCUT2D eigenvalue weighted by Crippen LogP contribution is 2.32. The monoisotopic (exact) mass is 497 g/mol. The van der Waals surface area contributed by atoms with Crippen molar-refractivity contribution in [2.45, 2.75) is 38.7 Å². The molecule has 1 aromatic heterocycles. The molecular formula is C27H29Cl2N3O2. The lowest BCUT2D eigenvalue weighted by molar-refractivity contribution is 0.0956. The third kappa shape index (κ3) is 6.02. The molecule has 7 heteroatoms. The molecular weight excluding hydrogens is 469 g/mol. The lowest BCUT2D eigenvalue weighted by Gasteiger charge is -2.27. The smallest absolute Gasteiger partial charge is 0.324 e. The summed E-state index contributed by atoms with van der Waals surface area (Å²) in [4.78, 5) is 20.5. The van der Waals surface area contributed by atoms with Crippen LogP contribution in [0.25, 0.3) is 11.1 Å². The second-order valence-corrected chi connectivity index (χ2v) is 9.94. The minimum atomic E-state index is -0.308. The molecule has 0 aliphatic carbocycles. The number of hydrogen-bond donors (Lipinski definition) is 0. The van der Waals surface area contributed by atoms with Crippen molar-refractivity contribution in [2.75, 3.05) is 24.5 Å². The first kappa shape index (κ1) is 24.4. The Hall–Kier alpha value is -2.76. The van der Waals surface area contributed by atoms with Gasteiger partial charge in [-0.1, -0.05) is 41.4 Å². The van der Waals surface area contributed by atoms with Crippen molar-refractivity contribution in [1.29, 1.82) is 0 Å². The fraction of sp³-hybridized carbons (Fsp3) is 0.333. The van der Waals surface area contributed by atoms with E-state index in [2.05, 4.69) is 18.8 Å². The van der Waals surface area contributed by atoms with Gasteiger partial charge in [-0.05, 0) is 75.1 Å². The van der Waals surface area contributed by atoms with Gasteiger partial charge in [-0.25, -0.2) is 4.79 Å². The Kier molecular flexibility index (Phi) is 7.64. The van der Waals surface area contributed by atoms with Crippen molar-refractivity contribution in [2.24, 2.45) is 0 Å². The Balaban J connectivity index is 1.24. The van der Waals surface area contributed by atoms with Crippen molar-refractivity contribution in [3.05, 3.63) is 77.0 Å². The number of anilines is 1. The molecule has 1 saturated heterocycles. The van der Waals surface area contributed by atoms with Crippen LogP contribution in [0.5, 0.6) is 5.75 Å². The maximum atomic E-state index is 12.7. The molecule has 2 heterocycles. The quantitative estimate of drug-likeness (QED) is 0.290. The molecule has 0 saturated carbocycles. The first-order chi connectivity index (χ1) is 16.3. The molecule has 1 aliphatic rings. The number of nitrogens with zero attached hydrogens (tertiary/aromatic N) is 3. The number of carbonyl (C=O) groups excluding carboxylic acids is 1. The van der Waals surface area contributed by atoms with E-state index in [1.165, 1.54) is 0 Å². The molecule has 4 rings (SSSR count). The van der Waals surface area contributed by atoms with E-state index in [1.54, 1.807) is 18.5 Å². The van der Waals surface area contributed by atoms with Gasteiger partial charge in [0.2, 0.25) is 0 Å². The zero-order chi connectivity index (χ0) is 24.1. The van der Waals surface area contributed by atoms with Crippen molar-refractivity contribution in [3.63, 3.8) is 0 Å². The van der Waals surface area contributed by atoms with Gasteiger partial charge in [0.25, 0.3) is 0 Å². The van der Waals surface area contributed by atoms with E-state index in [4.69, 9.17) is 27.9 Å². The van der Waals surface area contributed by atoms with Gasteiger partial charge in [0.1, 0.15) is 11.4 Å². The number of amides is 2. The molecule has 0 radical (unpaired) electrons. The van der Waals surface area contributed by atoms with Crippen molar-refractivity contribution in [3.8, 4) is 16.9 Å². The van der Waals surface area contributed by atoms with Crippen LogP contribution in [0.4, 0.5) is 10.5 Å². The number of pyridine rings is 1. The SMILES string of the molecule is CC(C)(CCCCN1CCN(c2ccncc2)C1=O)Oc1ccc(-c2ccc(Cl)cc2Cl)cc1. The standard InChI is InChI=1S/C27H29Cl2N3O2/c1-27(2,34-23-8-5-20(6-9-23)24-10-7-21(28)19-25(24)29)13-3-4-16-31-17-18-32(26(31)33)22-11-14-30-15-12-22/h5-12,14-15,19H,3-4,13,16-18H2,1-2H3. The fourth-order valence-electron chi connectivity index (χ4n) is 4.20. The molecule has 0 bridgehead atoms. The molecule has 0 unspecified atom stereocenters. The van der Waals surface area contributed by atoms with Crippen molar-refractivity contribution in [1.82, 2.24) is 9.88 Å². The number of ether oxygens (including phenoxy) is 1. The molecule has 3 aromatic rings. The van der Waals surface area contributed by atoms with Crippen LogP contribution in [-0.4, -0.2) is 41.2 Å². The van der Waals surface area contributed by atoms with Gasteiger partial charge < -0.3 is 9.64 Å². The Morgan fingerprint density at radius 2 is 1.71 bits per heavy atom. The molecule has 0 spiro atoms. The normalized spacial score (nSPS) is 14.1. The second kappa shape index (κ2) is 10.7. The number of aromatic nitrogens is 1. The van der Waals surface area contributed by atoms with Crippen molar-refractivity contribution >= 4 is 34.9 Å². The summed E-state index contributed by atoms with van der Waals surface area (Å²) in [6, 6.07) is 17.3. The van der Waals surface area contributed by atoms with E-state index in [9.17, 15) is 4.79 Å². The number of rotatable bonds is 9. The van der Waals surface area contributed by atoms with Crippen LogP contribution in [0.15, 0.2) is 67.0 Å². The van der Waals surface area contributed by atoms with Gasteiger partial charge in [0.05, 0.1) is 0 Å². The van der Waals surface area contributed by atoms with Crippen LogP contribution in [0.1, 0.15) is 33.1 Å². The summed E-state index contributed by atoms with van der Waals surface area (Å²) in [6.45, 7) is 6.43. The van der Waals surface area contributed by atoms with Gasteiger partial charge in [-0.2, -0.15) is 0 Å². The second-order valence-electron chi connectivity index (χ2n) is 9.09. The van der Waals surface area contributed by atoms with Gasteiger partial charge in [-0.15, -0.1) is 0 Å². The van der Waals surface area contributed by atoms with E-state index < -0.39 is 0 Å². The Morgan fingerprint density at radius 3 is 2.41 bits per heavy atom. The highest BCUT2D eigenvalue weighted by Gasteiger charge is 2.29. The highest BCUT2D eigenvalue weighted by molar-refractivity contribution is 6.36. The molecule has 178 valence electrons. The van der Waals surface area contributed by atoms with Crippen LogP contribution >= 0.6 is 23.2 Å². The summed E-state index contributed by atoms with van der Waals surface area (Å²) < 4.78 is 6.26. The summed E-state index contributed by atoms with van der Waals surface area (Å²) in [5, 5.41) is 1.25. The highest BCUT2D eigenvalue weighted by atomic mass is 35.5. The topological polar surface area (TPSA) is 45.7 Å². The molecule has 2 aromatic carbocycles. The Bertz CT molecular complexity index is 1120. The van der Waals surface area contributed by atoms with Gasteiger partial charge in [0, 0.05) is 53.3 Å². The summed E-state index contributed by atoms with van der Waals surface area (Å²) in [6.07, 6.45) is 6.25. The minimum absolute atomic E-state index is 0.0718. The number of hydrogen-bond acceptors (Lipinski definition) is 3. The van der Waals surface area contributed by atoms with Crippen LogP contribution in [-0.2, 0) is 0 Å². The van der Waals surface area contributed by atoms with Gasteiger partial charge >= 0.3 is 6.03 Å². The molecule has 1 fully saturated rings. The number of carbonyl (C=O) groups is 1. The molecule has 2 amide bonds. The Labute approximate surface area is 211 Å². The predicted octanol–water partition coefficient (Wildman–Crippen LogP) is 7.33. The van der Waals surface area contributed by atoms with Crippen LogP contribution in [0.3, 0.4) is 0 Å². The molecule has 0 N–H and O–H groups in total. The zero-order valence-corrected chi connectivity index (χ0v) is 21.0. The Morgan fingerprint density at radius 1 is 0.971 bits per heavy atom. The lowest BCUT2D eigenvalue weighted by atomic mass is 10.0.